The van der Waals surface area contributed by atoms with Crippen LogP contribution in [-0.2, 0) is 11.3 Å². The van der Waals surface area contributed by atoms with Crippen molar-refractivity contribution in [3.8, 4) is 12.3 Å². The van der Waals surface area contributed by atoms with Crippen LogP contribution in [0.25, 0.3) is 0 Å². The molecule has 0 aliphatic carbocycles. The molecule has 2 atom stereocenters. The van der Waals surface area contributed by atoms with E-state index in [4.69, 9.17) is 11.2 Å². The first kappa shape index (κ1) is 14.1. The third-order valence-electron chi connectivity index (χ3n) is 3.53. The van der Waals surface area contributed by atoms with E-state index >= 15 is 0 Å². The zero-order valence-corrected chi connectivity index (χ0v) is 12.5. The summed E-state index contributed by atoms with van der Waals surface area (Å²) >= 11 is 3.31. The second-order valence-corrected chi connectivity index (χ2v) is 5.64. The van der Waals surface area contributed by atoms with E-state index in [0.29, 0.717) is 16.8 Å². The van der Waals surface area contributed by atoms with E-state index in [2.05, 4.69) is 39.2 Å². The number of rotatable bonds is 3. The molecule has 102 valence electrons. The minimum Gasteiger partial charge on any atom is -0.376 e. The standard InChI is InChI=1S/C13H16BrN3O2/c1-4-6-17-12(18)11(14)10(8-15-17)16-13(3)5-7-19-9(13)2/h1,8-9,16H,5-7H2,2-3H3. The summed E-state index contributed by atoms with van der Waals surface area (Å²) in [6, 6.07) is 0. The predicted octanol–water partition coefficient (Wildman–Crippen LogP) is 1.62. The van der Waals surface area contributed by atoms with Crippen molar-refractivity contribution in [1.82, 2.24) is 9.78 Å². The monoisotopic (exact) mass is 325 g/mol. The van der Waals surface area contributed by atoms with E-state index in [9.17, 15) is 4.79 Å². The van der Waals surface area contributed by atoms with E-state index in [1.54, 1.807) is 6.20 Å². The molecule has 2 unspecified atom stereocenters. The Bertz CT molecular complexity index is 578. The van der Waals surface area contributed by atoms with Crippen LogP contribution in [-0.4, -0.2) is 28.0 Å². The average Bonchev–Trinajstić information content (AvgIpc) is 2.70. The molecule has 0 aromatic carbocycles. The lowest BCUT2D eigenvalue weighted by Gasteiger charge is -2.30. The number of anilines is 1. The van der Waals surface area contributed by atoms with E-state index in [0.717, 1.165) is 6.42 Å². The molecule has 19 heavy (non-hydrogen) atoms. The van der Waals surface area contributed by atoms with Crippen molar-refractivity contribution < 1.29 is 4.74 Å². The van der Waals surface area contributed by atoms with Gasteiger partial charge in [-0.15, -0.1) is 6.42 Å². The van der Waals surface area contributed by atoms with Gasteiger partial charge in [0.2, 0.25) is 0 Å². The lowest BCUT2D eigenvalue weighted by molar-refractivity contribution is 0.105. The van der Waals surface area contributed by atoms with Gasteiger partial charge in [0, 0.05) is 6.61 Å². The van der Waals surface area contributed by atoms with Crippen LogP contribution in [0.3, 0.4) is 0 Å². The fourth-order valence-electron chi connectivity index (χ4n) is 2.06. The molecule has 1 saturated heterocycles. The maximum absolute atomic E-state index is 12.0. The summed E-state index contributed by atoms with van der Waals surface area (Å²) in [4.78, 5) is 12.0. The number of aromatic nitrogens is 2. The van der Waals surface area contributed by atoms with Gasteiger partial charge in [-0.05, 0) is 36.2 Å². The maximum atomic E-state index is 12.0. The van der Waals surface area contributed by atoms with Gasteiger partial charge in [-0.1, -0.05) is 5.92 Å². The Balaban J connectivity index is 2.30. The molecule has 1 fully saturated rings. The Hall–Kier alpha value is -1.32. The van der Waals surface area contributed by atoms with Crippen LogP contribution in [0.15, 0.2) is 15.5 Å². The van der Waals surface area contributed by atoms with Gasteiger partial charge in [-0.2, -0.15) is 5.10 Å². The summed E-state index contributed by atoms with van der Waals surface area (Å²) in [6.45, 7) is 4.96. The van der Waals surface area contributed by atoms with Crippen LogP contribution in [0.2, 0.25) is 0 Å². The van der Waals surface area contributed by atoms with E-state index in [-0.39, 0.29) is 23.7 Å². The third-order valence-corrected chi connectivity index (χ3v) is 4.30. The molecule has 1 aliphatic heterocycles. The van der Waals surface area contributed by atoms with Crippen molar-refractivity contribution >= 4 is 21.6 Å². The first-order valence-corrected chi connectivity index (χ1v) is 6.86. The summed E-state index contributed by atoms with van der Waals surface area (Å²) in [5, 5.41) is 7.40. The van der Waals surface area contributed by atoms with Crippen molar-refractivity contribution in [2.75, 3.05) is 11.9 Å². The van der Waals surface area contributed by atoms with Crippen LogP contribution >= 0.6 is 15.9 Å². The van der Waals surface area contributed by atoms with E-state index in [1.165, 1.54) is 4.68 Å². The molecule has 0 bridgehead atoms. The summed E-state index contributed by atoms with van der Waals surface area (Å²) in [5.41, 5.74) is 0.228. The molecule has 5 nitrogen and oxygen atoms in total. The molecule has 0 radical (unpaired) electrons. The highest BCUT2D eigenvalue weighted by Crippen LogP contribution is 2.31. The second kappa shape index (κ2) is 5.35. The SMILES string of the molecule is C#CCn1ncc(NC2(C)CCOC2C)c(Br)c1=O. The molecule has 1 N–H and O–H groups in total. The molecule has 2 heterocycles. The zero-order valence-electron chi connectivity index (χ0n) is 10.9. The third kappa shape index (κ3) is 2.67. The highest BCUT2D eigenvalue weighted by Gasteiger charge is 2.37. The van der Waals surface area contributed by atoms with Gasteiger partial charge in [0.25, 0.3) is 5.56 Å². The Morgan fingerprint density at radius 2 is 2.53 bits per heavy atom. The number of ether oxygens (including phenoxy) is 1. The topological polar surface area (TPSA) is 56.1 Å². The second-order valence-electron chi connectivity index (χ2n) is 4.84. The maximum Gasteiger partial charge on any atom is 0.284 e. The smallest absolute Gasteiger partial charge is 0.284 e. The lowest BCUT2D eigenvalue weighted by Crippen LogP contribution is -2.42. The largest absolute Gasteiger partial charge is 0.376 e. The van der Waals surface area contributed by atoms with Crippen LogP contribution < -0.4 is 10.9 Å². The minimum atomic E-state index is -0.238. The highest BCUT2D eigenvalue weighted by molar-refractivity contribution is 9.10. The molecule has 0 saturated carbocycles. The average molecular weight is 326 g/mol. The first-order valence-electron chi connectivity index (χ1n) is 6.07. The predicted molar refractivity (Wildman–Crippen MR) is 77.1 cm³/mol. The van der Waals surface area contributed by atoms with Crippen molar-refractivity contribution in [2.24, 2.45) is 0 Å². The normalized spacial score (nSPS) is 26.1. The first-order chi connectivity index (χ1) is 8.98. The van der Waals surface area contributed by atoms with Crippen molar-refractivity contribution in [2.45, 2.75) is 38.5 Å². The molecule has 1 aromatic rings. The lowest BCUT2D eigenvalue weighted by atomic mass is 9.94. The minimum absolute atomic E-state index is 0.0764. The van der Waals surface area contributed by atoms with E-state index < -0.39 is 0 Å². The van der Waals surface area contributed by atoms with Crippen LogP contribution in [0.4, 0.5) is 5.69 Å². The van der Waals surface area contributed by atoms with Crippen LogP contribution in [0.1, 0.15) is 20.3 Å². The number of terminal acetylenes is 1. The van der Waals surface area contributed by atoms with Crippen molar-refractivity contribution in [3.05, 3.63) is 21.0 Å². The fraction of sp³-hybridized carbons (Fsp3) is 0.538. The summed E-state index contributed by atoms with van der Waals surface area (Å²) < 4.78 is 7.25. The number of hydrogen-bond acceptors (Lipinski definition) is 4. The Morgan fingerprint density at radius 3 is 3.11 bits per heavy atom. The summed E-state index contributed by atoms with van der Waals surface area (Å²) in [6.07, 6.45) is 7.76. The van der Waals surface area contributed by atoms with Gasteiger partial charge in [0.1, 0.15) is 11.0 Å². The molecular formula is C13H16BrN3O2. The summed E-state index contributed by atoms with van der Waals surface area (Å²) in [5.74, 6) is 2.40. The number of hydrogen-bond donors (Lipinski definition) is 1. The van der Waals surface area contributed by atoms with Gasteiger partial charge in [-0.25, -0.2) is 4.68 Å². The molecule has 2 rings (SSSR count). The molecule has 0 amide bonds. The van der Waals surface area contributed by atoms with Gasteiger partial charge >= 0.3 is 0 Å². The Kier molecular flexibility index (Phi) is 3.97. The highest BCUT2D eigenvalue weighted by atomic mass is 79.9. The number of nitrogens with one attached hydrogen (secondary N) is 1. The molecule has 1 aromatic heterocycles. The molecule has 6 heteroatoms. The molecular weight excluding hydrogens is 310 g/mol. The number of halogens is 1. The van der Waals surface area contributed by atoms with Gasteiger partial charge in [0.15, 0.2) is 0 Å². The van der Waals surface area contributed by atoms with Gasteiger partial charge in [0.05, 0.1) is 23.5 Å². The Morgan fingerprint density at radius 1 is 1.79 bits per heavy atom. The van der Waals surface area contributed by atoms with Crippen LogP contribution in [0, 0.1) is 12.3 Å². The zero-order chi connectivity index (χ0) is 14.0. The summed E-state index contributed by atoms with van der Waals surface area (Å²) in [7, 11) is 0. The molecule has 1 aliphatic rings. The van der Waals surface area contributed by atoms with Gasteiger partial charge in [-0.3, -0.25) is 4.79 Å². The van der Waals surface area contributed by atoms with Crippen LogP contribution in [0.5, 0.6) is 0 Å². The quantitative estimate of drug-likeness (QED) is 0.858. The number of nitrogens with zero attached hydrogens (tertiary/aromatic N) is 2. The molecule has 0 spiro atoms. The van der Waals surface area contributed by atoms with Crippen molar-refractivity contribution in [3.63, 3.8) is 0 Å². The van der Waals surface area contributed by atoms with E-state index in [1.807, 2.05) is 6.92 Å². The van der Waals surface area contributed by atoms with Gasteiger partial charge < -0.3 is 10.1 Å². The Labute approximate surface area is 120 Å². The van der Waals surface area contributed by atoms with Crippen molar-refractivity contribution in [1.29, 1.82) is 0 Å². The fourth-order valence-corrected chi connectivity index (χ4v) is 2.46.